The molecule has 1 rings (SSSR count). The van der Waals surface area contributed by atoms with Gasteiger partial charge in [0.05, 0.1) is 0 Å². The van der Waals surface area contributed by atoms with Crippen molar-refractivity contribution in [2.24, 2.45) is 10.2 Å². The Labute approximate surface area is 55.3 Å². The second-order valence-electron chi connectivity index (χ2n) is 1.14. The first kappa shape index (κ1) is 6.10. The zero-order chi connectivity index (χ0) is 5.98. The fraction of sp³-hybridized carbons (Fsp3) is 0.667. The molecule has 0 aromatic heterocycles. The number of thioether (sulfide) groups is 2. The predicted molar refractivity (Wildman–Crippen MR) is 35.1 cm³/mol. The third kappa shape index (κ3) is 1.23. The van der Waals surface area contributed by atoms with E-state index in [2.05, 4.69) is 10.2 Å². The van der Waals surface area contributed by atoms with Crippen LogP contribution in [0.5, 0.6) is 0 Å². The van der Waals surface area contributed by atoms with Crippen molar-refractivity contribution >= 4 is 28.8 Å². The van der Waals surface area contributed by atoms with E-state index in [1.54, 1.807) is 0 Å². The molecule has 1 unspecified atom stereocenters. The second kappa shape index (κ2) is 2.50. The number of azo groups is 1. The first-order valence-corrected chi connectivity index (χ1v) is 4.14. The van der Waals surface area contributed by atoms with E-state index in [9.17, 15) is 4.79 Å². The van der Waals surface area contributed by atoms with Gasteiger partial charge >= 0.3 is 5.24 Å². The summed E-state index contributed by atoms with van der Waals surface area (Å²) in [5.41, 5.74) is 0. The van der Waals surface area contributed by atoms with E-state index in [4.69, 9.17) is 0 Å². The van der Waals surface area contributed by atoms with Gasteiger partial charge in [0.1, 0.15) is 0 Å². The van der Waals surface area contributed by atoms with Gasteiger partial charge < -0.3 is 0 Å². The summed E-state index contributed by atoms with van der Waals surface area (Å²) in [4.78, 5) is 10.3. The van der Waals surface area contributed by atoms with Crippen LogP contribution >= 0.6 is 23.5 Å². The Balaban J connectivity index is 2.46. The van der Waals surface area contributed by atoms with Crippen molar-refractivity contribution in [1.29, 1.82) is 0 Å². The molecule has 0 fully saturated rings. The van der Waals surface area contributed by atoms with Crippen LogP contribution in [-0.2, 0) is 0 Å². The number of nitrogens with zero attached hydrogens (tertiary/aromatic N) is 2. The van der Waals surface area contributed by atoms with Gasteiger partial charge in [0, 0.05) is 0 Å². The molecule has 0 radical (unpaired) electrons. The van der Waals surface area contributed by atoms with Gasteiger partial charge in [0.15, 0.2) is 4.71 Å². The molecular formula is C3H4N2OS2. The molecule has 0 saturated heterocycles. The third-order valence-corrected chi connectivity index (χ3v) is 2.58. The van der Waals surface area contributed by atoms with E-state index in [0.29, 0.717) is 0 Å². The Kier molecular flexibility index (Phi) is 1.90. The molecule has 0 spiro atoms. The van der Waals surface area contributed by atoms with Gasteiger partial charge in [-0.25, -0.2) is 0 Å². The third-order valence-electron chi connectivity index (χ3n) is 0.637. The lowest BCUT2D eigenvalue weighted by molar-refractivity contribution is 0.267. The first-order valence-electron chi connectivity index (χ1n) is 1.97. The molecule has 1 heterocycles. The van der Waals surface area contributed by atoms with E-state index in [-0.39, 0.29) is 9.95 Å². The summed E-state index contributed by atoms with van der Waals surface area (Å²) in [7, 11) is 0. The molecule has 44 valence electrons. The highest BCUT2D eigenvalue weighted by atomic mass is 32.2. The van der Waals surface area contributed by atoms with Gasteiger partial charge in [0.2, 0.25) is 0 Å². The molecule has 1 aliphatic heterocycles. The van der Waals surface area contributed by atoms with Crippen LogP contribution < -0.4 is 0 Å². The molecule has 0 N–H and O–H groups in total. The van der Waals surface area contributed by atoms with Crippen LogP contribution in [0, 0.1) is 0 Å². The second-order valence-corrected chi connectivity index (χ2v) is 3.39. The Morgan fingerprint density at radius 2 is 2.62 bits per heavy atom. The van der Waals surface area contributed by atoms with Gasteiger partial charge in [-0.3, -0.25) is 4.79 Å². The average molecular weight is 148 g/mol. The van der Waals surface area contributed by atoms with Crippen molar-refractivity contribution in [2.45, 2.75) is 4.71 Å². The van der Waals surface area contributed by atoms with Crippen LogP contribution in [0.25, 0.3) is 0 Å². The van der Waals surface area contributed by atoms with Gasteiger partial charge in [-0.05, 0) is 18.0 Å². The average Bonchev–Trinajstić information content (AvgIpc) is 2.14. The van der Waals surface area contributed by atoms with E-state index in [1.165, 1.54) is 11.8 Å². The van der Waals surface area contributed by atoms with Crippen molar-refractivity contribution in [3.05, 3.63) is 0 Å². The lowest BCUT2D eigenvalue weighted by Crippen LogP contribution is -1.83. The topological polar surface area (TPSA) is 41.8 Å². The number of carbonyl (C=O) groups excluding carboxylic acids is 1. The van der Waals surface area contributed by atoms with Gasteiger partial charge in [-0.2, -0.15) is 5.11 Å². The highest BCUT2D eigenvalue weighted by molar-refractivity contribution is 8.24. The summed E-state index contributed by atoms with van der Waals surface area (Å²) in [5.74, 6) is 0. The number of amides is 1. The lowest BCUT2D eigenvalue weighted by atomic mass is 11.4. The fourth-order valence-electron chi connectivity index (χ4n) is 0.323. The van der Waals surface area contributed by atoms with E-state index < -0.39 is 0 Å². The van der Waals surface area contributed by atoms with Crippen LogP contribution in [0.4, 0.5) is 4.79 Å². The number of hydrogen-bond donors (Lipinski definition) is 0. The smallest absolute Gasteiger partial charge is 0.258 e. The minimum atomic E-state index is -0.177. The normalized spacial score (nSPS) is 27.1. The van der Waals surface area contributed by atoms with Crippen LogP contribution in [0.3, 0.4) is 0 Å². The quantitative estimate of drug-likeness (QED) is 0.570. The van der Waals surface area contributed by atoms with Crippen molar-refractivity contribution < 1.29 is 4.79 Å². The maximum atomic E-state index is 10.3. The Hall–Kier alpha value is -0.0300. The minimum Gasteiger partial charge on any atom is -0.258 e. The molecule has 1 aliphatic rings. The first-order chi connectivity index (χ1) is 3.83. The summed E-state index contributed by atoms with van der Waals surface area (Å²) >= 11 is 2.67. The van der Waals surface area contributed by atoms with Crippen molar-refractivity contribution in [2.75, 3.05) is 6.26 Å². The lowest BCUT2D eigenvalue weighted by Gasteiger charge is -1.91. The van der Waals surface area contributed by atoms with Crippen LogP contribution in [-0.4, -0.2) is 16.2 Å². The summed E-state index contributed by atoms with van der Waals surface area (Å²) in [6.07, 6.45) is 1.90. The Morgan fingerprint density at radius 3 is 2.88 bits per heavy atom. The van der Waals surface area contributed by atoms with Gasteiger partial charge in [-0.15, -0.1) is 16.9 Å². The van der Waals surface area contributed by atoms with E-state index in [0.717, 1.165) is 11.8 Å². The van der Waals surface area contributed by atoms with Crippen molar-refractivity contribution in [3.8, 4) is 0 Å². The molecule has 1 atom stereocenters. The molecular weight excluding hydrogens is 144 g/mol. The summed E-state index contributed by atoms with van der Waals surface area (Å²) < 4.78 is 0.0162. The maximum absolute atomic E-state index is 10.3. The molecule has 8 heavy (non-hydrogen) atoms. The number of carbonyl (C=O) groups is 1. The molecule has 0 aromatic carbocycles. The number of rotatable bonds is 1. The zero-order valence-electron chi connectivity index (χ0n) is 4.20. The molecule has 0 aromatic rings. The number of hydrogen-bond acceptors (Lipinski definition) is 4. The summed E-state index contributed by atoms with van der Waals surface area (Å²) in [6, 6.07) is 0. The van der Waals surface area contributed by atoms with Crippen molar-refractivity contribution in [1.82, 2.24) is 0 Å². The largest absolute Gasteiger partial charge is 0.325 e. The highest BCUT2D eigenvalue weighted by Crippen LogP contribution is 2.29. The molecule has 0 bridgehead atoms. The van der Waals surface area contributed by atoms with E-state index in [1.807, 2.05) is 6.26 Å². The Morgan fingerprint density at radius 1 is 1.88 bits per heavy atom. The molecule has 3 nitrogen and oxygen atoms in total. The predicted octanol–water partition coefficient (Wildman–Crippen LogP) is 1.95. The minimum absolute atomic E-state index is 0.0162. The van der Waals surface area contributed by atoms with Crippen LogP contribution in [0.15, 0.2) is 10.2 Å². The molecule has 5 heteroatoms. The van der Waals surface area contributed by atoms with Crippen LogP contribution in [0.2, 0.25) is 0 Å². The van der Waals surface area contributed by atoms with Crippen LogP contribution in [0.1, 0.15) is 0 Å². The summed E-state index contributed by atoms with van der Waals surface area (Å²) in [5, 5.41) is 6.78. The maximum Gasteiger partial charge on any atom is 0.325 e. The molecule has 0 saturated carbocycles. The molecule has 0 aliphatic carbocycles. The summed E-state index contributed by atoms with van der Waals surface area (Å²) in [6.45, 7) is 0. The van der Waals surface area contributed by atoms with Gasteiger partial charge in [0.25, 0.3) is 0 Å². The van der Waals surface area contributed by atoms with Crippen molar-refractivity contribution in [3.63, 3.8) is 0 Å². The van der Waals surface area contributed by atoms with E-state index >= 15 is 0 Å². The fourth-order valence-corrected chi connectivity index (χ4v) is 1.46. The highest BCUT2D eigenvalue weighted by Gasteiger charge is 2.17. The monoisotopic (exact) mass is 148 g/mol. The zero-order valence-corrected chi connectivity index (χ0v) is 5.83. The molecule has 1 amide bonds. The van der Waals surface area contributed by atoms with Gasteiger partial charge in [-0.1, -0.05) is 0 Å². The SMILES string of the molecule is CSC1N=NC(=O)S1. The Bertz CT molecular complexity index is 135. The standard InChI is InChI=1S/C3H4N2OS2/c1-7-3-5-4-2(6)8-3/h3H,1H3.